The maximum atomic E-state index is 13.1. The fourth-order valence-electron chi connectivity index (χ4n) is 4.42. The van der Waals surface area contributed by atoms with Crippen LogP contribution in [0.15, 0.2) is 53.6 Å². The Bertz CT molecular complexity index is 1180. The summed E-state index contributed by atoms with van der Waals surface area (Å²) in [4.78, 5) is 17.7. The first-order valence-corrected chi connectivity index (χ1v) is 10.1. The minimum Gasteiger partial charge on any atom is -0.315 e. The van der Waals surface area contributed by atoms with E-state index < -0.39 is 0 Å². The molecule has 0 atom stereocenters. The fourth-order valence-corrected chi connectivity index (χ4v) is 4.42. The largest absolute Gasteiger partial charge is 0.315 e. The highest BCUT2D eigenvalue weighted by Gasteiger charge is 2.16. The van der Waals surface area contributed by atoms with Gasteiger partial charge in [0.1, 0.15) is 0 Å². The smallest absolute Gasteiger partial charge is 0.258 e. The van der Waals surface area contributed by atoms with Crippen LogP contribution in [0.1, 0.15) is 37.7 Å². The van der Waals surface area contributed by atoms with Crippen molar-refractivity contribution < 1.29 is 0 Å². The van der Waals surface area contributed by atoms with Crippen molar-refractivity contribution in [3.8, 4) is 11.4 Å². The molecule has 5 rings (SSSR count). The van der Waals surface area contributed by atoms with Crippen LogP contribution in [0, 0.1) is 12.8 Å². The standard InChI is InChI=1S/C23H24N4O/c1-16-13-20-18(10-12-26(23(20)28)15-17-7-3-2-4-8-17)14-19(16)22-24-21-9-5-6-11-27(21)25-22/h5-6,9-14,17H,2-4,7-8,15H2,1H3. The molecule has 1 aliphatic carbocycles. The van der Waals surface area contributed by atoms with Gasteiger partial charge in [-0.3, -0.25) is 4.79 Å². The zero-order valence-electron chi connectivity index (χ0n) is 16.1. The van der Waals surface area contributed by atoms with Crippen molar-refractivity contribution in [2.24, 2.45) is 5.92 Å². The van der Waals surface area contributed by atoms with Gasteiger partial charge in [0.15, 0.2) is 11.5 Å². The minimum absolute atomic E-state index is 0.112. The van der Waals surface area contributed by atoms with Gasteiger partial charge in [0.05, 0.1) is 0 Å². The molecule has 0 aliphatic heterocycles. The third kappa shape index (κ3) is 3.01. The third-order valence-corrected chi connectivity index (χ3v) is 5.98. The van der Waals surface area contributed by atoms with Gasteiger partial charge in [-0.2, -0.15) is 0 Å². The maximum absolute atomic E-state index is 13.1. The Morgan fingerprint density at radius 2 is 1.93 bits per heavy atom. The number of rotatable bonds is 3. The lowest BCUT2D eigenvalue weighted by molar-refractivity contribution is 0.316. The van der Waals surface area contributed by atoms with Gasteiger partial charge in [0, 0.05) is 29.9 Å². The second kappa shape index (κ2) is 6.89. The molecule has 5 heteroatoms. The van der Waals surface area contributed by atoms with Crippen molar-refractivity contribution in [3.05, 3.63) is 64.7 Å². The number of aromatic nitrogens is 4. The summed E-state index contributed by atoms with van der Waals surface area (Å²) in [7, 11) is 0. The van der Waals surface area contributed by atoms with Crippen LogP contribution in [0.3, 0.4) is 0 Å². The van der Waals surface area contributed by atoms with E-state index in [-0.39, 0.29) is 5.56 Å². The van der Waals surface area contributed by atoms with Gasteiger partial charge in [-0.05, 0) is 67.0 Å². The van der Waals surface area contributed by atoms with E-state index in [1.807, 2.05) is 54.2 Å². The Hall–Kier alpha value is -2.95. The maximum Gasteiger partial charge on any atom is 0.258 e. The molecule has 0 N–H and O–H groups in total. The molecule has 0 unspecified atom stereocenters. The summed E-state index contributed by atoms with van der Waals surface area (Å²) in [5, 5.41) is 6.32. The monoisotopic (exact) mass is 372 g/mol. The van der Waals surface area contributed by atoms with E-state index in [4.69, 9.17) is 0 Å². The van der Waals surface area contributed by atoms with Crippen molar-refractivity contribution in [2.45, 2.75) is 45.6 Å². The SMILES string of the molecule is Cc1cc2c(=O)n(CC3CCCCC3)ccc2cc1-c1nc2ccccn2n1. The van der Waals surface area contributed by atoms with Crippen molar-refractivity contribution in [2.75, 3.05) is 0 Å². The number of hydrogen-bond donors (Lipinski definition) is 0. The molecule has 4 aromatic rings. The van der Waals surface area contributed by atoms with Crippen molar-refractivity contribution in [1.82, 2.24) is 19.2 Å². The Balaban J connectivity index is 1.55. The van der Waals surface area contributed by atoms with E-state index in [0.29, 0.717) is 11.7 Å². The molecule has 5 nitrogen and oxygen atoms in total. The number of aryl methyl sites for hydroxylation is 1. The number of nitrogens with zero attached hydrogens (tertiary/aromatic N) is 4. The molecule has 0 radical (unpaired) electrons. The molecule has 0 bridgehead atoms. The molecule has 3 aromatic heterocycles. The zero-order valence-corrected chi connectivity index (χ0v) is 16.1. The van der Waals surface area contributed by atoms with E-state index in [2.05, 4.69) is 16.1 Å². The van der Waals surface area contributed by atoms with Crippen LogP contribution in [-0.2, 0) is 6.54 Å². The molecule has 1 aromatic carbocycles. The summed E-state index contributed by atoms with van der Waals surface area (Å²) < 4.78 is 3.68. The number of benzene rings is 1. The van der Waals surface area contributed by atoms with Gasteiger partial charge >= 0.3 is 0 Å². The van der Waals surface area contributed by atoms with Crippen molar-refractivity contribution in [3.63, 3.8) is 0 Å². The van der Waals surface area contributed by atoms with Gasteiger partial charge in [-0.1, -0.05) is 25.3 Å². The predicted octanol–water partition coefficient (Wildman–Crippen LogP) is 4.60. The van der Waals surface area contributed by atoms with Crippen molar-refractivity contribution in [1.29, 1.82) is 0 Å². The normalized spacial score (nSPS) is 15.5. The lowest BCUT2D eigenvalue weighted by Gasteiger charge is -2.22. The predicted molar refractivity (Wildman–Crippen MR) is 112 cm³/mol. The molecule has 0 spiro atoms. The van der Waals surface area contributed by atoms with Crippen LogP contribution < -0.4 is 5.56 Å². The van der Waals surface area contributed by atoms with E-state index >= 15 is 0 Å². The summed E-state index contributed by atoms with van der Waals surface area (Å²) in [5.74, 6) is 1.32. The molecule has 1 saturated carbocycles. The molecule has 3 heterocycles. The number of hydrogen-bond acceptors (Lipinski definition) is 3. The van der Waals surface area contributed by atoms with E-state index in [0.717, 1.165) is 34.1 Å². The summed E-state index contributed by atoms with van der Waals surface area (Å²) in [6.45, 7) is 2.86. The molecular formula is C23H24N4O. The second-order valence-electron chi connectivity index (χ2n) is 7.97. The highest BCUT2D eigenvalue weighted by molar-refractivity contribution is 5.87. The fraction of sp³-hybridized carbons (Fsp3) is 0.348. The topological polar surface area (TPSA) is 52.2 Å². The molecular weight excluding hydrogens is 348 g/mol. The zero-order chi connectivity index (χ0) is 19.1. The summed E-state index contributed by atoms with van der Waals surface area (Å²) >= 11 is 0. The first kappa shape index (κ1) is 17.2. The lowest BCUT2D eigenvalue weighted by atomic mass is 9.89. The van der Waals surface area contributed by atoms with Crippen LogP contribution in [0.5, 0.6) is 0 Å². The van der Waals surface area contributed by atoms with Crippen LogP contribution in [0.4, 0.5) is 0 Å². The van der Waals surface area contributed by atoms with Gasteiger partial charge < -0.3 is 4.57 Å². The lowest BCUT2D eigenvalue weighted by Crippen LogP contribution is -2.24. The highest BCUT2D eigenvalue weighted by Crippen LogP contribution is 2.27. The van der Waals surface area contributed by atoms with Gasteiger partial charge in [-0.15, -0.1) is 5.10 Å². The summed E-state index contributed by atoms with van der Waals surface area (Å²) in [6.07, 6.45) is 10.2. The Kier molecular flexibility index (Phi) is 4.23. The second-order valence-corrected chi connectivity index (χ2v) is 7.97. The molecule has 0 saturated heterocycles. The highest BCUT2D eigenvalue weighted by atomic mass is 16.1. The third-order valence-electron chi connectivity index (χ3n) is 5.98. The molecule has 1 aliphatic rings. The summed E-state index contributed by atoms with van der Waals surface area (Å²) in [6, 6.07) is 11.9. The first-order chi connectivity index (χ1) is 13.7. The molecule has 28 heavy (non-hydrogen) atoms. The van der Waals surface area contributed by atoms with Crippen LogP contribution in [0.2, 0.25) is 0 Å². The van der Waals surface area contributed by atoms with Gasteiger partial charge in [-0.25, -0.2) is 9.50 Å². The Morgan fingerprint density at radius 3 is 2.75 bits per heavy atom. The molecule has 1 fully saturated rings. The molecule has 142 valence electrons. The van der Waals surface area contributed by atoms with Gasteiger partial charge in [0.25, 0.3) is 5.56 Å². The van der Waals surface area contributed by atoms with E-state index in [9.17, 15) is 4.79 Å². The number of fused-ring (bicyclic) bond motifs is 2. The first-order valence-electron chi connectivity index (χ1n) is 10.1. The average Bonchev–Trinajstić information content (AvgIpc) is 3.15. The minimum atomic E-state index is 0.112. The van der Waals surface area contributed by atoms with Crippen LogP contribution in [-0.4, -0.2) is 19.2 Å². The average molecular weight is 372 g/mol. The van der Waals surface area contributed by atoms with Gasteiger partial charge in [0.2, 0.25) is 0 Å². The quantitative estimate of drug-likeness (QED) is 0.528. The van der Waals surface area contributed by atoms with Crippen molar-refractivity contribution >= 4 is 16.4 Å². The Labute approximate surface area is 163 Å². The Morgan fingerprint density at radius 1 is 1.07 bits per heavy atom. The van der Waals surface area contributed by atoms with E-state index in [1.54, 1.807) is 4.52 Å². The van der Waals surface area contributed by atoms with Crippen LogP contribution in [0.25, 0.3) is 27.8 Å². The number of pyridine rings is 2. The van der Waals surface area contributed by atoms with E-state index in [1.165, 1.54) is 32.1 Å². The molecule has 0 amide bonds. The summed E-state index contributed by atoms with van der Waals surface area (Å²) in [5.41, 5.74) is 2.93. The van der Waals surface area contributed by atoms with Crippen LogP contribution >= 0.6 is 0 Å².